The Hall–Kier alpha value is -1.79. The summed E-state index contributed by atoms with van der Waals surface area (Å²) < 4.78 is 0.985. The van der Waals surface area contributed by atoms with Gasteiger partial charge in [-0.05, 0) is 56.5 Å². The molecule has 4 nitrogen and oxygen atoms in total. The van der Waals surface area contributed by atoms with Crippen LogP contribution in [0.15, 0.2) is 53.0 Å². The lowest BCUT2D eigenvalue weighted by Crippen LogP contribution is -2.49. The number of aryl methyl sites for hydroxylation is 1. The van der Waals surface area contributed by atoms with Gasteiger partial charge in [-0.3, -0.25) is 9.59 Å². The molecule has 0 spiro atoms. The molecule has 0 saturated carbocycles. The molecular formula is C23H29BrN2O2S. The fraction of sp³-hybridized carbons (Fsp3) is 0.391. The Labute approximate surface area is 186 Å². The van der Waals surface area contributed by atoms with E-state index in [-0.39, 0.29) is 17.9 Å². The van der Waals surface area contributed by atoms with E-state index in [0.717, 1.165) is 15.8 Å². The van der Waals surface area contributed by atoms with Gasteiger partial charge < -0.3 is 10.2 Å². The van der Waals surface area contributed by atoms with Crippen molar-refractivity contribution in [2.45, 2.75) is 52.1 Å². The van der Waals surface area contributed by atoms with Gasteiger partial charge in [0.15, 0.2) is 0 Å². The first-order valence-electron chi connectivity index (χ1n) is 9.74. The van der Waals surface area contributed by atoms with Gasteiger partial charge in [-0.2, -0.15) is 0 Å². The Morgan fingerprint density at radius 3 is 2.34 bits per heavy atom. The SMILES string of the molecule is Cc1ccccc1CSCC(=O)N(Cc1ccc(Br)cc1)[C@H](C)C(=O)NC(C)C. The molecule has 0 aliphatic heterocycles. The van der Waals surface area contributed by atoms with Crippen molar-refractivity contribution in [1.82, 2.24) is 10.2 Å². The summed E-state index contributed by atoms with van der Waals surface area (Å²) in [6.07, 6.45) is 0. The second kappa shape index (κ2) is 11.4. The highest BCUT2D eigenvalue weighted by molar-refractivity contribution is 9.10. The van der Waals surface area contributed by atoms with Gasteiger partial charge in [-0.25, -0.2) is 0 Å². The van der Waals surface area contributed by atoms with E-state index < -0.39 is 6.04 Å². The zero-order valence-corrected chi connectivity index (χ0v) is 19.8. The number of nitrogens with one attached hydrogen (secondary N) is 1. The lowest BCUT2D eigenvalue weighted by atomic mass is 10.1. The molecule has 2 aromatic rings. The van der Waals surface area contributed by atoms with Crippen molar-refractivity contribution in [2.75, 3.05) is 5.75 Å². The molecule has 0 bridgehead atoms. The third kappa shape index (κ3) is 7.52. The molecule has 0 radical (unpaired) electrons. The van der Waals surface area contributed by atoms with Gasteiger partial charge in [0.1, 0.15) is 6.04 Å². The average Bonchev–Trinajstić information content (AvgIpc) is 2.68. The molecule has 0 saturated heterocycles. The number of halogens is 1. The van der Waals surface area contributed by atoms with Crippen molar-refractivity contribution in [3.63, 3.8) is 0 Å². The van der Waals surface area contributed by atoms with Crippen molar-refractivity contribution < 1.29 is 9.59 Å². The number of amides is 2. The first-order chi connectivity index (χ1) is 13.8. The van der Waals surface area contributed by atoms with Crippen molar-refractivity contribution >= 4 is 39.5 Å². The van der Waals surface area contributed by atoms with E-state index in [0.29, 0.717) is 12.3 Å². The van der Waals surface area contributed by atoms with E-state index in [1.807, 2.05) is 50.2 Å². The van der Waals surface area contributed by atoms with Crippen LogP contribution >= 0.6 is 27.7 Å². The maximum absolute atomic E-state index is 13.0. The van der Waals surface area contributed by atoms with Crippen molar-refractivity contribution in [3.8, 4) is 0 Å². The third-order valence-corrected chi connectivity index (χ3v) is 6.10. The number of nitrogens with zero attached hydrogens (tertiary/aromatic N) is 1. The molecule has 0 unspecified atom stereocenters. The minimum absolute atomic E-state index is 0.0297. The summed E-state index contributed by atoms with van der Waals surface area (Å²) in [4.78, 5) is 27.3. The molecule has 1 atom stereocenters. The Morgan fingerprint density at radius 2 is 1.72 bits per heavy atom. The molecule has 0 aromatic heterocycles. The van der Waals surface area contributed by atoms with E-state index in [9.17, 15) is 9.59 Å². The zero-order chi connectivity index (χ0) is 21.4. The van der Waals surface area contributed by atoms with Gasteiger partial charge >= 0.3 is 0 Å². The predicted molar refractivity (Wildman–Crippen MR) is 125 cm³/mol. The molecule has 0 aliphatic rings. The Morgan fingerprint density at radius 1 is 1.07 bits per heavy atom. The van der Waals surface area contributed by atoms with Gasteiger partial charge in [-0.15, -0.1) is 11.8 Å². The van der Waals surface area contributed by atoms with Crippen LogP contribution in [0.2, 0.25) is 0 Å². The quantitative estimate of drug-likeness (QED) is 0.557. The van der Waals surface area contributed by atoms with Crippen LogP contribution in [0.4, 0.5) is 0 Å². The normalized spacial score (nSPS) is 11.9. The number of benzene rings is 2. The van der Waals surface area contributed by atoms with E-state index in [2.05, 4.69) is 40.3 Å². The standard InChI is InChI=1S/C23H29BrN2O2S/c1-16(2)25-23(28)18(4)26(13-19-9-11-21(24)12-10-19)22(27)15-29-14-20-8-6-5-7-17(20)3/h5-12,16,18H,13-15H2,1-4H3,(H,25,28)/t18-/m1/s1. The highest BCUT2D eigenvalue weighted by Crippen LogP contribution is 2.19. The summed E-state index contributed by atoms with van der Waals surface area (Å²) >= 11 is 5.02. The van der Waals surface area contributed by atoms with Crippen LogP contribution in [0.3, 0.4) is 0 Å². The molecule has 6 heteroatoms. The van der Waals surface area contributed by atoms with Crippen LogP contribution in [0.25, 0.3) is 0 Å². The minimum Gasteiger partial charge on any atom is -0.352 e. The van der Waals surface area contributed by atoms with Gasteiger partial charge in [0.25, 0.3) is 0 Å². The lowest BCUT2D eigenvalue weighted by Gasteiger charge is -2.29. The Bertz CT molecular complexity index is 824. The number of carbonyl (C=O) groups excluding carboxylic acids is 2. The fourth-order valence-corrected chi connectivity index (χ4v) is 4.13. The molecule has 29 heavy (non-hydrogen) atoms. The molecule has 0 aliphatic carbocycles. The largest absolute Gasteiger partial charge is 0.352 e. The average molecular weight is 477 g/mol. The fourth-order valence-electron chi connectivity index (χ4n) is 2.88. The molecule has 2 amide bonds. The molecule has 2 aromatic carbocycles. The third-order valence-electron chi connectivity index (χ3n) is 4.61. The lowest BCUT2D eigenvalue weighted by molar-refractivity contribution is -0.138. The van der Waals surface area contributed by atoms with Crippen LogP contribution in [0, 0.1) is 6.92 Å². The van der Waals surface area contributed by atoms with E-state index in [4.69, 9.17) is 0 Å². The smallest absolute Gasteiger partial charge is 0.242 e. The van der Waals surface area contributed by atoms with Gasteiger partial charge in [0, 0.05) is 22.8 Å². The summed E-state index contributed by atoms with van der Waals surface area (Å²) in [5.74, 6) is 0.952. The second-order valence-corrected chi connectivity index (χ2v) is 9.31. The molecule has 1 N–H and O–H groups in total. The number of hydrogen-bond donors (Lipinski definition) is 1. The van der Waals surface area contributed by atoms with Crippen LogP contribution in [-0.2, 0) is 21.9 Å². The molecule has 0 fully saturated rings. The first-order valence-corrected chi connectivity index (χ1v) is 11.7. The van der Waals surface area contributed by atoms with E-state index >= 15 is 0 Å². The highest BCUT2D eigenvalue weighted by Gasteiger charge is 2.26. The maximum atomic E-state index is 13.0. The minimum atomic E-state index is -0.535. The topological polar surface area (TPSA) is 49.4 Å². The van der Waals surface area contributed by atoms with Crippen molar-refractivity contribution in [1.29, 1.82) is 0 Å². The monoisotopic (exact) mass is 476 g/mol. The number of thioether (sulfide) groups is 1. The van der Waals surface area contributed by atoms with Crippen LogP contribution < -0.4 is 5.32 Å². The van der Waals surface area contributed by atoms with E-state index in [1.54, 1.807) is 23.6 Å². The number of hydrogen-bond acceptors (Lipinski definition) is 3. The van der Waals surface area contributed by atoms with Gasteiger partial charge in [0.05, 0.1) is 5.75 Å². The molecular weight excluding hydrogens is 448 g/mol. The summed E-state index contributed by atoms with van der Waals surface area (Å²) in [5, 5.41) is 2.92. The highest BCUT2D eigenvalue weighted by atomic mass is 79.9. The van der Waals surface area contributed by atoms with Gasteiger partial charge in [-0.1, -0.05) is 52.3 Å². The summed E-state index contributed by atoms with van der Waals surface area (Å²) in [6, 6.07) is 15.5. The summed E-state index contributed by atoms with van der Waals surface area (Å²) in [6.45, 7) is 8.12. The maximum Gasteiger partial charge on any atom is 0.242 e. The molecule has 2 rings (SSSR count). The summed E-state index contributed by atoms with van der Waals surface area (Å²) in [7, 11) is 0. The van der Waals surface area contributed by atoms with Crippen LogP contribution in [0.1, 0.15) is 37.5 Å². The van der Waals surface area contributed by atoms with Crippen LogP contribution in [0.5, 0.6) is 0 Å². The predicted octanol–water partition coefficient (Wildman–Crippen LogP) is 4.93. The van der Waals surface area contributed by atoms with Gasteiger partial charge in [0.2, 0.25) is 11.8 Å². The zero-order valence-electron chi connectivity index (χ0n) is 17.4. The number of carbonyl (C=O) groups is 2. The summed E-state index contributed by atoms with van der Waals surface area (Å²) in [5.41, 5.74) is 3.45. The molecule has 156 valence electrons. The van der Waals surface area contributed by atoms with Crippen LogP contribution in [-0.4, -0.2) is 34.6 Å². The number of rotatable bonds is 9. The Balaban J connectivity index is 2.07. The first kappa shape index (κ1) is 23.5. The second-order valence-electron chi connectivity index (χ2n) is 7.41. The molecule has 0 heterocycles. The van der Waals surface area contributed by atoms with E-state index in [1.165, 1.54) is 11.1 Å². The Kier molecular flexibility index (Phi) is 9.24. The van der Waals surface area contributed by atoms with Crippen molar-refractivity contribution in [2.24, 2.45) is 0 Å². The van der Waals surface area contributed by atoms with Crippen molar-refractivity contribution in [3.05, 3.63) is 69.7 Å².